The Morgan fingerprint density at radius 2 is 2.20 bits per heavy atom. The molecule has 4 heterocycles. The van der Waals surface area contributed by atoms with Gasteiger partial charge in [0.1, 0.15) is 17.2 Å². The first-order chi connectivity index (χ1) is 12.3. The van der Waals surface area contributed by atoms with Gasteiger partial charge in [0.2, 0.25) is 5.82 Å². The van der Waals surface area contributed by atoms with Crippen LogP contribution >= 0.6 is 22.7 Å². The van der Waals surface area contributed by atoms with Crippen LogP contribution < -0.4 is 5.56 Å². The molecule has 0 radical (unpaired) electrons. The molecule has 0 aromatic carbocycles. The molecule has 0 aliphatic heterocycles. The van der Waals surface area contributed by atoms with Gasteiger partial charge in [-0.2, -0.15) is 16.1 Å². The highest BCUT2D eigenvalue weighted by atomic mass is 32.1. The van der Waals surface area contributed by atoms with E-state index >= 15 is 0 Å². The van der Waals surface area contributed by atoms with E-state index in [1.807, 2.05) is 16.8 Å². The van der Waals surface area contributed by atoms with Gasteiger partial charge in [0.15, 0.2) is 0 Å². The lowest BCUT2D eigenvalue weighted by Gasteiger charge is -2.09. The van der Waals surface area contributed by atoms with Crippen molar-refractivity contribution in [3.8, 4) is 11.4 Å². The summed E-state index contributed by atoms with van der Waals surface area (Å²) in [5.74, 6) is 1.14. The molecule has 9 heteroatoms. The smallest absolute Gasteiger partial charge is 0.259 e. The molecule has 0 spiro atoms. The molecule has 0 amide bonds. The standard InChI is InChI=1S/C16H14N6OS2/c23-15-13-10-3-1-2-4-11(10)25-16(13)18-12(17-15)7-22-20-14(19-21-22)9-5-6-24-8-9/h5-6,8H,1-4,7H2,(H,17,18,23). The Bertz CT molecular complexity index is 1110. The van der Waals surface area contributed by atoms with Gasteiger partial charge in [-0.25, -0.2) is 4.98 Å². The second-order valence-corrected chi connectivity index (χ2v) is 7.92. The zero-order chi connectivity index (χ0) is 16.8. The summed E-state index contributed by atoms with van der Waals surface area (Å²) in [6, 6.07) is 1.95. The Morgan fingerprint density at radius 3 is 3.08 bits per heavy atom. The number of nitrogens with one attached hydrogen (secondary N) is 1. The van der Waals surface area contributed by atoms with Crippen LogP contribution in [0.1, 0.15) is 29.1 Å². The van der Waals surface area contributed by atoms with Crippen LogP contribution in [0.2, 0.25) is 0 Å². The van der Waals surface area contributed by atoms with E-state index in [0.29, 0.717) is 18.2 Å². The Labute approximate surface area is 150 Å². The zero-order valence-electron chi connectivity index (χ0n) is 13.2. The van der Waals surface area contributed by atoms with Crippen molar-refractivity contribution in [2.24, 2.45) is 0 Å². The summed E-state index contributed by atoms with van der Waals surface area (Å²) in [5.41, 5.74) is 2.09. The van der Waals surface area contributed by atoms with Crippen LogP contribution in [0.25, 0.3) is 21.6 Å². The van der Waals surface area contributed by atoms with Crippen LogP contribution in [0.3, 0.4) is 0 Å². The molecule has 7 nitrogen and oxygen atoms in total. The number of tetrazole rings is 1. The minimum absolute atomic E-state index is 0.0578. The molecule has 5 rings (SSSR count). The van der Waals surface area contributed by atoms with E-state index in [-0.39, 0.29) is 5.56 Å². The summed E-state index contributed by atoms with van der Waals surface area (Å²) in [6.45, 7) is 0.297. The summed E-state index contributed by atoms with van der Waals surface area (Å²) in [5, 5.41) is 17.2. The first-order valence-electron chi connectivity index (χ1n) is 8.12. The van der Waals surface area contributed by atoms with Gasteiger partial charge in [0, 0.05) is 15.8 Å². The number of fused-ring (bicyclic) bond motifs is 3. The van der Waals surface area contributed by atoms with Crippen LogP contribution in [0.5, 0.6) is 0 Å². The zero-order valence-corrected chi connectivity index (χ0v) is 14.9. The van der Waals surface area contributed by atoms with E-state index < -0.39 is 0 Å². The van der Waals surface area contributed by atoms with Gasteiger partial charge < -0.3 is 4.98 Å². The number of nitrogens with zero attached hydrogens (tertiary/aromatic N) is 5. The Morgan fingerprint density at radius 1 is 1.28 bits per heavy atom. The van der Waals surface area contributed by atoms with E-state index in [1.54, 1.807) is 22.7 Å². The third-order valence-corrected chi connectivity index (χ3v) is 6.27. The average molecular weight is 370 g/mol. The summed E-state index contributed by atoms with van der Waals surface area (Å²) < 4.78 is 0. The molecule has 0 bridgehead atoms. The van der Waals surface area contributed by atoms with Gasteiger partial charge in [-0.15, -0.1) is 21.5 Å². The second-order valence-electron chi connectivity index (χ2n) is 6.06. The fourth-order valence-electron chi connectivity index (χ4n) is 3.23. The highest BCUT2D eigenvalue weighted by Crippen LogP contribution is 2.33. The summed E-state index contributed by atoms with van der Waals surface area (Å²) in [7, 11) is 0. The first kappa shape index (κ1) is 14.9. The van der Waals surface area contributed by atoms with E-state index in [9.17, 15) is 4.79 Å². The molecule has 1 aliphatic carbocycles. The maximum absolute atomic E-state index is 12.6. The average Bonchev–Trinajstić information content (AvgIpc) is 3.33. The summed E-state index contributed by atoms with van der Waals surface area (Å²) in [6.07, 6.45) is 4.38. The van der Waals surface area contributed by atoms with Crippen LogP contribution in [0.4, 0.5) is 0 Å². The molecule has 0 saturated heterocycles. The van der Waals surface area contributed by atoms with E-state index in [2.05, 4.69) is 25.4 Å². The van der Waals surface area contributed by atoms with E-state index in [4.69, 9.17) is 0 Å². The predicted octanol–water partition coefficient (Wildman–Crippen LogP) is 2.63. The minimum atomic E-state index is -0.0578. The van der Waals surface area contributed by atoms with Crippen molar-refractivity contribution in [2.45, 2.75) is 32.2 Å². The topological polar surface area (TPSA) is 89.4 Å². The minimum Gasteiger partial charge on any atom is -0.308 e. The molecule has 1 aliphatic rings. The monoisotopic (exact) mass is 370 g/mol. The molecule has 4 aromatic heterocycles. The molecule has 126 valence electrons. The molecule has 0 unspecified atom stereocenters. The Balaban J connectivity index is 1.50. The molecule has 1 N–H and O–H groups in total. The lowest BCUT2D eigenvalue weighted by Crippen LogP contribution is -2.16. The van der Waals surface area contributed by atoms with Gasteiger partial charge >= 0.3 is 0 Å². The van der Waals surface area contributed by atoms with Crippen molar-refractivity contribution in [2.75, 3.05) is 0 Å². The SMILES string of the molecule is O=c1[nH]c(Cn2nnc(-c3ccsc3)n2)nc2sc3c(c12)CCCC3. The van der Waals surface area contributed by atoms with Crippen LogP contribution in [-0.2, 0) is 19.4 Å². The molecule has 0 atom stereocenters. The molecule has 25 heavy (non-hydrogen) atoms. The number of aryl methyl sites for hydroxylation is 2. The highest BCUT2D eigenvalue weighted by molar-refractivity contribution is 7.18. The number of rotatable bonds is 3. The van der Waals surface area contributed by atoms with Crippen molar-refractivity contribution in [3.05, 3.63) is 43.4 Å². The maximum Gasteiger partial charge on any atom is 0.259 e. The number of H-pyrrole nitrogens is 1. The number of aromatic nitrogens is 6. The summed E-state index contributed by atoms with van der Waals surface area (Å²) >= 11 is 3.23. The molecule has 4 aromatic rings. The van der Waals surface area contributed by atoms with E-state index in [0.717, 1.165) is 35.0 Å². The fourth-order valence-corrected chi connectivity index (χ4v) is 5.15. The highest BCUT2D eigenvalue weighted by Gasteiger charge is 2.20. The van der Waals surface area contributed by atoms with Gasteiger partial charge in [-0.1, -0.05) is 0 Å². The largest absolute Gasteiger partial charge is 0.308 e. The maximum atomic E-state index is 12.6. The quantitative estimate of drug-likeness (QED) is 0.599. The first-order valence-corrected chi connectivity index (χ1v) is 9.88. The van der Waals surface area contributed by atoms with Crippen LogP contribution in [0.15, 0.2) is 21.6 Å². The number of thiophene rings is 2. The van der Waals surface area contributed by atoms with Crippen molar-refractivity contribution in [1.29, 1.82) is 0 Å². The van der Waals surface area contributed by atoms with Crippen LogP contribution in [0, 0.1) is 0 Å². The predicted molar refractivity (Wildman–Crippen MR) is 97.1 cm³/mol. The van der Waals surface area contributed by atoms with Crippen molar-refractivity contribution < 1.29 is 0 Å². The number of aromatic amines is 1. The van der Waals surface area contributed by atoms with Gasteiger partial charge in [-0.3, -0.25) is 4.79 Å². The molecular formula is C16H14N6OS2. The normalized spacial score (nSPS) is 14.1. The molecule has 0 saturated carbocycles. The van der Waals surface area contributed by atoms with Gasteiger partial charge in [-0.05, 0) is 47.9 Å². The van der Waals surface area contributed by atoms with Gasteiger partial charge in [0.05, 0.1) is 5.39 Å². The lowest BCUT2D eigenvalue weighted by atomic mass is 9.97. The van der Waals surface area contributed by atoms with E-state index in [1.165, 1.54) is 21.7 Å². The number of hydrogen-bond acceptors (Lipinski definition) is 7. The summed E-state index contributed by atoms with van der Waals surface area (Å²) in [4.78, 5) is 23.7. The Hall–Kier alpha value is -2.39. The van der Waals surface area contributed by atoms with Crippen molar-refractivity contribution in [1.82, 2.24) is 30.2 Å². The van der Waals surface area contributed by atoms with Crippen molar-refractivity contribution >= 4 is 32.9 Å². The molecular weight excluding hydrogens is 356 g/mol. The third kappa shape index (κ3) is 2.59. The number of hydrogen-bond donors (Lipinski definition) is 1. The lowest BCUT2D eigenvalue weighted by molar-refractivity contribution is 0.555. The second kappa shape index (κ2) is 5.85. The third-order valence-electron chi connectivity index (χ3n) is 4.40. The van der Waals surface area contributed by atoms with Gasteiger partial charge in [0.25, 0.3) is 5.56 Å². The molecule has 0 fully saturated rings. The van der Waals surface area contributed by atoms with Crippen molar-refractivity contribution in [3.63, 3.8) is 0 Å². The van der Waals surface area contributed by atoms with Crippen LogP contribution in [-0.4, -0.2) is 30.2 Å². The fraction of sp³-hybridized carbons (Fsp3) is 0.312. The Kier molecular flexibility index (Phi) is 3.49.